The summed E-state index contributed by atoms with van der Waals surface area (Å²) in [5.74, 6) is -0.220. The first kappa shape index (κ1) is 19.2. The molecule has 128 valence electrons. The third kappa shape index (κ3) is 7.28. The Labute approximate surface area is 138 Å². The lowest BCUT2D eigenvalue weighted by Gasteiger charge is -2.19. The van der Waals surface area contributed by atoms with E-state index in [2.05, 4.69) is 31.4 Å². The second-order valence-electron chi connectivity index (χ2n) is 6.53. The van der Waals surface area contributed by atoms with Crippen LogP contribution in [0, 0.1) is 0 Å². The van der Waals surface area contributed by atoms with Gasteiger partial charge in [-0.1, -0.05) is 32.9 Å². The SMILES string of the molecule is COCCCNC(=O)CCNC(=O)c1ccc(C(C)(C)C)cc1. The maximum absolute atomic E-state index is 12.0. The van der Waals surface area contributed by atoms with Gasteiger partial charge >= 0.3 is 0 Å². The highest BCUT2D eigenvalue weighted by Gasteiger charge is 2.14. The van der Waals surface area contributed by atoms with Crippen LogP contribution in [0.5, 0.6) is 0 Å². The van der Waals surface area contributed by atoms with Crippen molar-refractivity contribution in [3.63, 3.8) is 0 Å². The minimum absolute atomic E-state index is 0.0653. The van der Waals surface area contributed by atoms with Crippen molar-refractivity contribution >= 4 is 11.8 Å². The van der Waals surface area contributed by atoms with Crippen LogP contribution in [0.2, 0.25) is 0 Å². The fourth-order valence-corrected chi connectivity index (χ4v) is 2.05. The zero-order valence-electron chi connectivity index (χ0n) is 14.6. The van der Waals surface area contributed by atoms with E-state index in [-0.39, 0.29) is 23.7 Å². The summed E-state index contributed by atoms with van der Waals surface area (Å²) in [7, 11) is 1.63. The van der Waals surface area contributed by atoms with Crippen LogP contribution in [-0.4, -0.2) is 38.6 Å². The van der Waals surface area contributed by atoms with E-state index in [4.69, 9.17) is 4.74 Å². The van der Waals surface area contributed by atoms with Crippen molar-refractivity contribution in [1.29, 1.82) is 0 Å². The Kier molecular flexibility index (Phi) is 7.75. The van der Waals surface area contributed by atoms with Crippen molar-refractivity contribution in [2.45, 2.75) is 39.0 Å². The van der Waals surface area contributed by atoms with E-state index in [1.54, 1.807) is 7.11 Å². The molecule has 0 aliphatic rings. The van der Waals surface area contributed by atoms with Gasteiger partial charge in [-0.15, -0.1) is 0 Å². The number of nitrogens with one attached hydrogen (secondary N) is 2. The van der Waals surface area contributed by atoms with Gasteiger partial charge in [0.15, 0.2) is 0 Å². The number of hydrogen-bond acceptors (Lipinski definition) is 3. The molecule has 0 bridgehead atoms. The molecule has 0 spiro atoms. The van der Waals surface area contributed by atoms with E-state index in [0.29, 0.717) is 25.3 Å². The zero-order valence-corrected chi connectivity index (χ0v) is 14.6. The summed E-state index contributed by atoms with van der Waals surface area (Å²) in [5, 5.41) is 5.55. The molecule has 0 saturated heterocycles. The molecular weight excluding hydrogens is 292 g/mol. The minimum Gasteiger partial charge on any atom is -0.385 e. The Balaban J connectivity index is 2.32. The number of hydrogen-bond donors (Lipinski definition) is 2. The summed E-state index contributed by atoms with van der Waals surface area (Å²) < 4.78 is 4.91. The molecule has 1 aromatic carbocycles. The molecule has 5 heteroatoms. The van der Waals surface area contributed by atoms with Gasteiger partial charge in [0.25, 0.3) is 5.91 Å². The molecule has 0 saturated carbocycles. The van der Waals surface area contributed by atoms with E-state index in [0.717, 1.165) is 6.42 Å². The van der Waals surface area contributed by atoms with Gasteiger partial charge < -0.3 is 15.4 Å². The van der Waals surface area contributed by atoms with Crippen molar-refractivity contribution in [2.24, 2.45) is 0 Å². The quantitative estimate of drug-likeness (QED) is 0.722. The number of methoxy groups -OCH3 is 1. The highest BCUT2D eigenvalue weighted by molar-refractivity contribution is 5.94. The van der Waals surface area contributed by atoms with E-state index in [9.17, 15) is 9.59 Å². The van der Waals surface area contributed by atoms with Gasteiger partial charge in [0.1, 0.15) is 0 Å². The first-order valence-corrected chi connectivity index (χ1v) is 7.99. The third-order valence-corrected chi connectivity index (χ3v) is 3.50. The molecule has 0 fully saturated rings. The second kappa shape index (κ2) is 9.30. The lowest BCUT2D eigenvalue weighted by molar-refractivity contribution is -0.120. The summed E-state index contributed by atoms with van der Waals surface area (Å²) in [6, 6.07) is 7.58. The van der Waals surface area contributed by atoms with Gasteiger partial charge in [0.05, 0.1) is 0 Å². The molecule has 0 aliphatic heterocycles. The predicted octanol–water partition coefficient (Wildman–Crippen LogP) is 2.26. The van der Waals surface area contributed by atoms with Crippen molar-refractivity contribution in [3.8, 4) is 0 Å². The van der Waals surface area contributed by atoms with Gasteiger partial charge in [-0.05, 0) is 29.5 Å². The van der Waals surface area contributed by atoms with E-state index in [1.807, 2.05) is 24.3 Å². The molecule has 2 N–H and O–H groups in total. The molecule has 0 aromatic heterocycles. The van der Waals surface area contributed by atoms with Crippen molar-refractivity contribution in [3.05, 3.63) is 35.4 Å². The van der Waals surface area contributed by atoms with Gasteiger partial charge in [-0.25, -0.2) is 0 Å². The first-order chi connectivity index (χ1) is 10.8. The van der Waals surface area contributed by atoms with Crippen LogP contribution in [0.4, 0.5) is 0 Å². The van der Waals surface area contributed by atoms with Gasteiger partial charge in [-0.3, -0.25) is 9.59 Å². The Morgan fingerprint density at radius 2 is 1.70 bits per heavy atom. The molecule has 5 nitrogen and oxygen atoms in total. The van der Waals surface area contributed by atoms with Crippen LogP contribution < -0.4 is 10.6 Å². The highest BCUT2D eigenvalue weighted by Crippen LogP contribution is 2.22. The predicted molar refractivity (Wildman–Crippen MR) is 91.6 cm³/mol. The lowest BCUT2D eigenvalue weighted by atomic mass is 9.87. The Hall–Kier alpha value is -1.88. The third-order valence-electron chi connectivity index (χ3n) is 3.50. The van der Waals surface area contributed by atoms with Crippen LogP contribution in [0.15, 0.2) is 24.3 Å². The Morgan fingerprint density at radius 1 is 1.04 bits per heavy atom. The van der Waals surface area contributed by atoms with Crippen LogP contribution in [0.1, 0.15) is 49.5 Å². The standard InChI is InChI=1S/C18H28N2O3/c1-18(2,3)15-8-6-14(7-9-15)17(22)20-12-10-16(21)19-11-5-13-23-4/h6-9H,5,10-13H2,1-4H3,(H,19,21)(H,20,22). The summed E-state index contributed by atoms with van der Waals surface area (Å²) >= 11 is 0. The summed E-state index contributed by atoms with van der Waals surface area (Å²) in [6.07, 6.45) is 1.06. The number of ether oxygens (including phenoxy) is 1. The van der Waals surface area contributed by atoms with Crippen LogP contribution in [0.3, 0.4) is 0 Å². The second-order valence-corrected chi connectivity index (χ2v) is 6.53. The molecular formula is C18H28N2O3. The molecule has 1 rings (SSSR count). The Bertz CT molecular complexity index is 504. The summed E-state index contributed by atoms with van der Waals surface area (Å²) in [5.41, 5.74) is 1.86. The summed E-state index contributed by atoms with van der Waals surface area (Å²) in [6.45, 7) is 7.94. The molecule has 2 amide bonds. The number of carbonyl (C=O) groups is 2. The van der Waals surface area contributed by atoms with Gasteiger partial charge in [0.2, 0.25) is 5.91 Å². The molecule has 1 aromatic rings. The number of amides is 2. The van der Waals surface area contributed by atoms with Crippen molar-refractivity contribution < 1.29 is 14.3 Å². The van der Waals surface area contributed by atoms with Crippen LogP contribution >= 0.6 is 0 Å². The normalized spacial score (nSPS) is 11.1. The van der Waals surface area contributed by atoms with Crippen LogP contribution in [-0.2, 0) is 14.9 Å². The maximum atomic E-state index is 12.0. The lowest BCUT2D eigenvalue weighted by Crippen LogP contribution is -2.31. The Morgan fingerprint density at radius 3 is 2.26 bits per heavy atom. The smallest absolute Gasteiger partial charge is 0.251 e. The minimum atomic E-state index is -0.155. The van der Waals surface area contributed by atoms with Crippen molar-refractivity contribution in [1.82, 2.24) is 10.6 Å². The zero-order chi connectivity index (χ0) is 17.3. The topological polar surface area (TPSA) is 67.4 Å². The highest BCUT2D eigenvalue weighted by atomic mass is 16.5. The number of carbonyl (C=O) groups excluding carboxylic acids is 2. The van der Waals surface area contributed by atoms with Crippen molar-refractivity contribution in [2.75, 3.05) is 26.8 Å². The largest absolute Gasteiger partial charge is 0.385 e. The fraction of sp³-hybridized carbons (Fsp3) is 0.556. The number of rotatable bonds is 8. The maximum Gasteiger partial charge on any atom is 0.251 e. The molecule has 0 heterocycles. The molecule has 0 aliphatic carbocycles. The molecule has 23 heavy (non-hydrogen) atoms. The van der Waals surface area contributed by atoms with Gasteiger partial charge in [-0.2, -0.15) is 0 Å². The average Bonchev–Trinajstić information content (AvgIpc) is 2.51. The first-order valence-electron chi connectivity index (χ1n) is 7.99. The van der Waals surface area contributed by atoms with E-state index >= 15 is 0 Å². The molecule has 0 unspecified atom stereocenters. The molecule has 0 radical (unpaired) electrons. The fourth-order valence-electron chi connectivity index (χ4n) is 2.05. The van der Waals surface area contributed by atoms with Gasteiger partial charge in [0, 0.05) is 38.8 Å². The van der Waals surface area contributed by atoms with E-state index in [1.165, 1.54) is 5.56 Å². The molecule has 0 atom stereocenters. The average molecular weight is 320 g/mol. The monoisotopic (exact) mass is 320 g/mol. The summed E-state index contributed by atoms with van der Waals surface area (Å²) in [4.78, 5) is 23.6. The van der Waals surface area contributed by atoms with E-state index < -0.39 is 0 Å². The van der Waals surface area contributed by atoms with Crippen LogP contribution in [0.25, 0.3) is 0 Å². The number of benzene rings is 1.